The molecule has 0 bridgehead atoms. The second kappa shape index (κ2) is 4.41. The monoisotopic (exact) mass is 239 g/mol. The first-order valence-corrected chi connectivity index (χ1v) is 6.42. The van der Waals surface area contributed by atoms with Gasteiger partial charge in [-0.05, 0) is 41.7 Å². The van der Waals surface area contributed by atoms with Gasteiger partial charge in [0.25, 0.3) is 0 Å². The van der Waals surface area contributed by atoms with Crippen LogP contribution in [0.1, 0.15) is 30.9 Å². The molecular formula is C15H17N3. The van der Waals surface area contributed by atoms with Crippen molar-refractivity contribution in [2.45, 2.75) is 26.2 Å². The second-order valence-corrected chi connectivity index (χ2v) is 5.01. The molecule has 0 amide bonds. The Bertz CT molecular complexity index is 563. The van der Waals surface area contributed by atoms with E-state index in [1.807, 2.05) is 18.6 Å². The topological polar surface area (TPSA) is 29.0 Å². The molecule has 0 N–H and O–H groups in total. The summed E-state index contributed by atoms with van der Waals surface area (Å²) >= 11 is 0. The lowest BCUT2D eigenvalue weighted by molar-refractivity contribution is 0.858. The van der Waals surface area contributed by atoms with Gasteiger partial charge in [-0.1, -0.05) is 13.8 Å². The fraction of sp³-hybridized carbons (Fsp3) is 0.333. The molecule has 2 aromatic rings. The van der Waals surface area contributed by atoms with E-state index in [9.17, 15) is 0 Å². The van der Waals surface area contributed by atoms with E-state index in [1.165, 1.54) is 16.8 Å². The molecule has 3 rings (SSSR count). The van der Waals surface area contributed by atoms with Gasteiger partial charge >= 0.3 is 0 Å². The smallest absolute Gasteiger partial charge is 0.133 e. The normalized spacial score (nSPS) is 14.1. The SMILES string of the molecule is CC(C)c1ccnc(N2CCc3cnccc32)c1. The van der Waals surface area contributed by atoms with Crippen molar-refractivity contribution < 1.29 is 0 Å². The molecular weight excluding hydrogens is 222 g/mol. The Morgan fingerprint density at radius 2 is 2.11 bits per heavy atom. The zero-order valence-corrected chi connectivity index (χ0v) is 10.8. The summed E-state index contributed by atoms with van der Waals surface area (Å²) < 4.78 is 0. The molecule has 0 aromatic carbocycles. The molecule has 0 saturated heterocycles. The van der Waals surface area contributed by atoms with E-state index >= 15 is 0 Å². The molecule has 0 aliphatic carbocycles. The molecule has 0 saturated carbocycles. The van der Waals surface area contributed by atoms with Crippen LogP contribution in [-0.4, -0.2) is 16.5 Å². The number of fused-ring (bicyclic) bond motifs is 1. The van der Waals surface area contributed by atoms with E-state index in [1.54, 1.807) is 0 Å². The lowest BCUT2D eigenvalue weighted by Crippen LogP contribution is -2.15. The standard InChI is InChI=1S/C15H17N3/c1-11(2)12-3-7-17-15(9-12)18-8-5-13-10-16-6-4-14(13)18/h3-4,6-7,9-11H,5,8H2,1-2H3. The Balaban J connectivity index is 2.00. The maximum atomic E-state index is 4.51. The molecule has 1 aliphatic rings. The third-order valence-corrected chi connectivity index (χ3v) is 3.49. The molecule has 0 spiro atoms. The first-order valence-electron chi connectivity index (χ1n) is 6.42. The van der Waals surface area contributed by atoms with Crippen LogP contribution < -0.4 is 4.90 Å². The molecule has 0 radical (unpaired) electrons. The van der Waals surface area contributed by atoms with Crippen LogP contribution in [0, 0.1) is 0 Å². The predicted octanol–water partition coefficient (Wildman–Crippen LogP) is 3.29. The van der Waals surface area contributed by atoms with Crippen LogP contribution in [0.15, 0.2) is 36.8 Å². The van der Waals surface area contributed by atoms with Crippen molar-refractivity contribution in [3.63, 3.8) is 0 Å². The van der Waals surface area contributed by atoms with Gasteiger partial charge < -0.3 is 4.90 Å². The van der Waals surface area contributed by atoms with Gasteiger partial charge in [-0.2, -0.15) is 0 Å². The van der Waals surface area contributed by atoms with Crippen LogP contribution in [0.5, 0.6) is 0 Å². The van der Waals surface area contributed by atoms with Crippen molar-refractivity contribution in [2.75, 3.05) is 11.4 Å². The largest absolute Gasteiger partial charge is 0.326 e. The summed E-state index contributed by atoms with van der Waals surface area (Å²) in [4.78, 5) is 11.0. The Hall–Kier alpha value is -1.90. The number of rotatable bonds is 2. The Morgan fingerprint density at radius 3 is 2.94 bits per heavy atom. The summed E-state index contributed by atoms with van der Waals surface area (Å²) in [6.07, 6.45) is 6.77. The van der Waals surface area contributed by atoms with E-state index in [4.69, 9.17) is 0 Å². The molecule has 3 nitrogen and oxygen atoms in total. The van der Waals surface area contributed by atoms with Crippen LogP contribution in [0.3, 0.4) is 0 Å². The maximum absolute atomic E-state index is 4.51. The van der Waals surface area contributed by atoms with Gasteiger partial charge in [0, 0.05) is 30.8 Å². The zero-order chi connectivity index (χ0) is 12.5. The van der Waals surface area contributed by atoms with Crippen molar-refractivity contribution in [3.8, 4) is 0 Å². The van der Waals surface area contributed by atoms with Crippen molar-refractivity contribution in [1.29, 1.82) is 0 Å². The average molecular weight is 239 g/mol. The van der Waals surface area contributed by atoms with Gasteiger partial charge in [-0.3, -0.25) is 4.98 Å². The number of pyridine rings is 2. The van der Waals surface area contributed by atoms with Gasteiger partial charge in [-0.15, -0.1) is 0 Å². The van der Waals surface area contributed by atoms with Crippen molar-refractivity contribution in [1.82, 2.24) is 9.97 Å². The lowest BCUT2D eigenvalue weighted by Gasteiger charge is -2.19. The summed E-state index contributed by atoms with van der Waals surface area (Å²) in [5.41, 5.74) is 3.90. The highest BCUT2D eigenvalue weighted by atomic mass is 15.2. The quantitative estimate of drug-likeness (QED) is 0.805. The molecule has 92 valence electrons. The van der Waals surface area contributed by atoms with Gasteiger partial charge in [-0.25, -0.2) is 4.98 Å². The fourth-order valence-electron chi connectivity index (χ4n) is 2.41. The Labute approximate surface area is 108 Å². The lowest BCUT2D eigenvalue weighted by atomic mass is 10.1. The van der Waals surface area contributed by atoms with E-state index in [2.05, 4.69) is 46.9 Å². The van der Waals surface area contributed by atoms with E-state index < -0.39 is 0 Å². The highest BCUT2D eigenvalue weighted by molar-refractivity contribution is 5.67. The van der Waals surface area contributed by atoms with Crippen LogP contribution in [0.25, 0.3) is 0 Å². The van der Waals surface area contributed by atoms with Gasteiger partial charge in [0.15, 0.2) is 0 Å². The van der Waals surface area contributed by atoms with Gasteiger partial charge in [0.1, 0.15) is 5.82 Å². The highest BCUT2D eigenvalue weighted by Gasteiger charge is 2.21. The number of anilines is 2. The average Bonchev–Trinajstić information content (AvgIpc) is 2.82. The van der Waals surface area contributed by atoms with Crippen molar-refractivity contribution in [2.24, 2.45) is 0 Å². The molecule has 18 heavy (non-hydrogen) atoms. The molecule has 3 heteroatoms. The van der Waals surface area contributed by atoms with E-state index in [0.717, 1.165) is 18.8 Å². The molecule has 0 fully saturated rings. The molecule has 0 unspecified atom stereocenters. The number of aromatic nitrogens is 2. The number of hydrogen-bond acceptors (Lipinski definition) is 3. The third kappa shape index (κ3) is 1.86. The van der Waals surface area contributed by atoms with Crippen LogP contribution in [0.2, 0.25) is 0 Å². The minimum absolute atomic E-state index is 0.534. The van der Waals surface area contributed by atoms with Gasteiger partial charge in [0.05, 0.1) is 0 Å². The minimum atomic E-state index is 0.534. The fourth-order valence-corrected chi connectivity index (χ4v) is 2.41. The molecule has 0 atom stereocenters. The number of nitrogens with zero attached hydrogens (tertiary/aromatic N) is 3. The van der Waals surface area contributed by atoms with Crippen LogP contribution >= 0.6 is 0 Å². The van der Waals surface area contributed by atoms with Crippen LogP contribution in [0.4, 0.5) is 11.5 Å². The van der Waals surface area contributed by atoms with Crippen molar-refractivity contribution in [3.05, 3.63) is 47.9 Å². The first-order chi connectivity index (χ1) is 8.75. The first kappa shape index (κ1) is 11.2. The zero-order valence-electron chi connectivity index (χ0n) is 10.8. The summed E-state index contributed by atoms with van der Waals surface area (Å²) in [7, 11) is 0. The Morgan fingerprint density at radius 1 is 1.22 bits per heavy atom. The predicted molar refractivity (Wildman–Crippen MR) is 73.3 cm³/mol. The summed E-state index contributed by atoms with van der Waals surface area (Å²) in [5.74, 6) is 1.58. The Kier molecular flexibility index (Phi) is 2.74. The highest BCUT2D eigenvalue weighted by Crippen LogP contribution is 2.33. The van der Waals surface area contributed by atoms with Crippen molar-refractivity contribution >= 4 is 11.5 Å². The van der Waals surface area contributed by atoms with E-state index in [0.29, 0.717) is 5.92 Å². The summed E-state index contributed by atoms with van der Waals surface area (Å²) in [5, 5.41) is 0. The minimum Gasteiger partial charge on any atom is -0.326 e. The molecule has 3 heterocycles. The molecule has 2 aromatic heterocycles. The van der Waals surface area contributed by atoms with Gasteiger partial charge in [0.2, 0.25) is 0 Å². The summed E-state index contributed by atoms with van der Waals surface area (Å²) in [6, 6.07) is 6.37. The molecule has 1 aliphatic heterocycles. The van der Waals surface area contributed by atoms with Crippen LogP contribution in [-0.2, 0) is 6.42 Å². The van der Waals surface area contributed by atoms with E-state index in [-0.39, 0.29) is 0 Å². The maximum Gasteiger partial charge on any atom is 0.133 e. The summed E-state index contributed by atoms with van der Waals surface area (Å²) in [6.45, 7) is 5.41. The second-order valence-electron chi connectivity index (χ2n) is 5.01. The third-order valence-electron chi connectivity index (χ3n) is 3.49. The number of hydrogen-bond donors (Lipinski definition) is 0.